The average molecular weight is 356 g/mol. The first-order chi connectivity index (χ1) is 11.2. The van der Waals surface area contributed by atoms with Crippen LogP contribution in [0.4, 0.5) is 0 Å². The molecule has 2 aliphatic rings. The van der Waals surface area contributed by atoms with Crippen LogP contribution in [0.3, 0.4) is 0 Å². The lowest BCUT2D eigenvalue weighted by Crippen LogP contribution is -2.49. The predicted octanol–water partition coefficient (Wildman–Crippen LogP) is 1.25. The van der Waals surface area contributed by atoms with Crippen LogP contribution in [0.5, 0.6) is 11.5 Å². The third-order valence-corrected chi connectivity index (χ3v) is 4.76. The van der Waals surface area contributed by atoms with Crippen LogP contribution in [0, 0.1) is 0 Å². The number of carbonyl (C=O) groups excluding carboxylic acids is 1. The monoisotopic (exact) mass is 355 g/mol. The molecule has 0 bridgehead atoms. The number of ether oxygens (including phenoxy) is 2. The highest BCUT2D eigenvalue weighted by Crippen LogP contribution is 2.27. The number of likely N-dealkylation sites (tertiary alicyclic amines) is 1. The molecule has 0 saturated carbocycles. The number of carbonyl (C=O) groups is 1. The standard InChI is InChI=1S/C17H25N3O3.ClH/c1-22-14-3-4-16(23-2)15(11-14)17(21)20-8-5-13(12-20)19-9-6-18-7-10-19;/h3-4,11,13,18H,5-10,12H2,1-2H3;1H. The van der Waals surface area contributed by atoms with E-state index in [4.69, 9.17) is 9.47 Å². The zero-order valence-electron chi connectivity index (χ0n) is 14.3. The maximum Gasteiger partial charge on any atom is 0.257 e. The number of hydrogen-bond acceptors (Lipinski definition) is 5. The lowest BCUT2D eigenvalue weighted by molar-refractivity contribution is 0.0769. The molecular weight excluding hydrogens is 330 g/mol. The summed E-state index contributed by atoms with van der Waals surface area (Å²) in [5.74, 6) is 1.30. The zero-order valence-corrected chi connectivity index (χ0v) is 15.1. The van der Waals surface area contributed by atoms with Crippen LogP contribution in [0.15, 0.2) is 18.2 Å². The average Bonchev–Trinajstić information content (AvgIpc) is 3.11. The number of benzene rings is 1. The van der Waals surface area contributed by atoms with Crippen LogP contribution in [0.1, 0.15) is 16.8 Å². The Kier molecular flexibility index (Phi) is 6.71. The van der Waals surface area contributed by atoms with Gasteiger partial charge in [0.05, 0.1) is 19.8 Å². The SMILES string of the molecule is COc1ccc(OC)c(C(=O)N2CCC(N3CCNCC3)C2)c1.Cl. The van der Waals surface area contributed by atoms with Gasteiger partial charge in [0.25, 0.3) is 5.91 Å². The van der Waals surface area contributed by atoms with Crippen molar-refractivity contribution in [2.45, 2.75) is 12.5 Å². The number of hydrogen-bond donors (Lipinski definition) is 1. The number of nitrogens with one attached hydrogen (secondary N) is 1. The van der Waals surface area contributed by atoms with E-state index in [2.05, 4.69) is 10.2 Å². The number of amides is 1. The van der Waals surface area contributed by atoms with Crippen LogP contribution < -0.4 is 14.8 Å². The number of rotatable bonds is 4. The van der Waals surface area contributed by atoms with Gasteiger partial charge in [-0.15, -0.1) is 12.4 Å². The molecule has 6 nitrogen and oxygen atoms in total. The quantitative estimate of drug-likeness (QED) is 0.880. The third kappa shape index (κ3) is 3.94. The Balaban J connectivity index is 0.00000208. The fraction of sp³-hybridized carbons (Fsp3) is 0.588. The van der Waals surface area contributed by atoms with E-state index in [1.165, 1.54) is 0 Å². The molecule has 2 saturated heterocycles. The Bertz CT molecular complexity index is 564. The summed E-state index contributed by atoms with van der Waals surface area (Å²) in [6.45, 7) is 5.79. The molecule has 1 amide bonds. The van der Waals surface area contributed by atoms with Crippen LogP contribution in [0.25, 0.3) is 0 Å². The summed E-state index contributed by atoms with van der Waals surface area (Å²) in [6, 6.07) is 5.83. The van der Waals surface area contributed by atoms with Gasteiger partial charge in [-0.05, 0) is 24.6 Å². The van der Waals surface area contributed by atoms with Gasteiger partial charge in [0.1, 0.15) is 11.5 Å². The molecule has 0 spiro atoms. The molecule has 7 heteroatoms. The lowest BCUT2D eigenvalue weighted by atomic mass is 10.1. The number of nitrogens with zero attached hydrogens (tertiary/aromatic N) is 2. The molecular formula is C17H26ClN3O3. The second-order valence-electron chi connectivity index (χ2n) is 6.05. The minimum absolute atomic E-state index is 0. The molecule has 2 heterocycles. The predicted molar refractivity (Wildman–Crippen MR) is 95.5 cm³/mol. The Morgan fingerprint density at radius 2 is 1.92 bits per heavy atom. The van der Waals surface area contributed by atoms with Crippen LogP contribution in [0.2, 0.25) is 0 Å². The molecule has 134 valence electrons. The molecule has 2 aliphatic heterocycles. The van der Waals surface area contributed by atoms with E-state index in [0.29, 0.717) is 23.1 Å². The van der Waals surface area contributed by atoms with Crippen molar-refractivity contribution in [3.63, 3.8) is 0 Å². The minimum Gasteiger partial charge on any atom is -0.497 e. The van der Waals surface area contributed by atoms with Crippen molar-refractivity contribution >= 4 is 18.3 Å². The summed E-state index contributed by atoms with van der Waals surface area (Å²) in [7, 11) is 3.19. The van der Waals surface area contributed by atoms with Gasteiger partial charge in [-0.25, -0.2) is 0 Å². The first kappa shape index (κ1) is 18.8. The van der Waals surface area contributed by atoms with E-state index in [0.717, 1.165) is 45.7 Å². The lowest BCUT2D eigenvalue weighted by Gasteiger charge is -2.32. The number of halogens is 1. The summed E-state index contributed by atoms with van der Waals surface area (Å²) in [6.07, 6.45) is 1.04. The molecule has 3 rings (SSSR count). The van der Waals surface area contributed by atoms with Gasteiger partial charge in [0, 0.05) is 45.3 Å². The second-order valence-corrected chi connectivity index (χ2v) is 6.05. The largest absolute Gasteiger partial charge is 0.497 e. The topological polar surface area (TPSA) is 54.0 Å². The summed E-state index contributed by atoms with van der Waals surface area (Å²) in [5, 5.41) is 3.37. The van der Waals surface area contributed by atoms with Gasteiger partial charge in [-0.2, -0.15) is 0 Å². The van der Waals surface area contributed by atoms with Crippen molar-refractivity contribution < 1.29 is 14.3 Å². The van der Waals surface area contributed by atoms with Crippen molar-refractivity contribution in [2.24, 2.45) is 0 Å². The minimum atomic E-state index is 0. The Morgan fingerprint density at radius 3 is 2.58 bits per heavy atom. The number of piperazine rings is 1. The normalized spacial score (nSPS) is 21.2. The van der Waals surface area contributed by atoms with Gasteiger partial charge in [0.2, 0.25) is 0 Å². The molecule has 1 N–H and O–H groups in total. The fourth-order valence-corrected chi connectivity index (χ4v) is 3.42. The Hall–Kier alpha value is -1.50. The van der Waals surface area contributed by atoms with Gasteiger partial charge in [-0.3, -0.25) is 9.69 Å². The van der Waals surface area contributed by atoms with E-state index >= 15 is 0 Å². The van der Waals surface area contributed by atoms with Crippen LogP contribution in [-0.2, 0) is 0 Å². The number of methoxy groups -OCH3 is 2. The Morgan fingerprint density at radius 1 is 1.17 bits per heavy atom. The van der Waals surface area contributed by atoms with Gasteiger partial charge < -0.3 is 19.7 Å². The fourth-order valence-electron chi connectivity index (χ4n) is 3.42. The van der Waals surface area contributed by atoms with Crippen molar-refractivity contribution in [2.75, 3.05) is 53.5 Å². The van der Waals surface area contributed by atoms with E-state index < -0.39 is 0 Å². The molecule has 1 unspecified atom stereocenters. The smallest absolute Gasteiger partial charge is 0.257 e. The van der Waals surface area contributed by atoms with Crippen LogP contribution in [-0.4, -0.2) is 75.2 Å². The Labute approximate surface area is 149 Å². The third-order valence-electron chi connectivity index (χ3n) is 4.76. The van der Waals surface area contributed by atoms with E-state index in [1.54, 1.807) is 26.4 Å². The second kappa shape index (κ2) is 8.55. The molecule has 0 radical (unpaired) electrons. The first-order valence-electron chi connectivity index (χ1n) is 8.19. The summed E-state index contributed by atoms with van der Waals surface area (Å²) < 4.78 is 10.6. The summed E-state index contributed by atoms with van der Waals surface area (Å²) in [4.78, 5) is 17.3. The molecule has 1 aromatic carbocycles. The molecule has 2 fully saturated rings. The van der Waals surface area contributed by atoms with Crippen molar-refractivity contribution in [1.82, 2.24) is 15.1 Å². The van der Waals surface area contributed by atoms with E-state index in [1.807, 2.05) is 11.0 Å². The van der Waals surface area contributed by atoms with Gasteiger partial charge in [-0.1, -0.05) is 0 Å². The van der Waals surface area contributed by atoms with Crippen molar-refractivity contribution in [3.05, 3.63) is 23.8 Å². The van der Waals surface area contributed by atoms with Crippen molar-refractivity contribution in [1.29, 1.82) is 0 Å². The first-order valence-corrected chi connectivity index (χ1v) is 8.19. The summed E-state index contributed by atoms with van der Waals surface area (Å²) in [5.41, 5.74) is 0.577. The van der Waals surface area contributed by atoms with Crippen LogP contribution >= 0.6 is 12.4 Å². The highest BCUT2D eigenvalue weighted by molar-refractivity contribution is 5.97. The van der Waals surface area contributed by atoms with E-state index in [-0.39, 0.29) is 18.3 Å². The van der Waals surface area contributed by atoms with Gasteiger partial charge in [0.15, 0.2) is 0 Å². The highest BCUT2D eigenvalue weighted by Gasteiger charge is 2.32. The molecule has 1 atom stereocenters. The molecule has 24 heavy (non-hydrogen) atoms. The molecule has 0 aromatic heterocycles. The summed E-state index contributed by atoms with van der Waals surface area (Å²) >= 11 is 0. The van der Waals surface area contributed by atoms with E-state index in [9.17, 15) is 4.79 Å². The van der Waals surface area contributed by atoms with Crippen molar-refractivity contribution in [3.8, 4) is 11.5 Å². The maximum atomic E-state index is 12.9. The van der Waals surface area contributed by atoms with Gasteiger partial charge >= 0.3 is 0 Å². The molecule has 0 aliphatic carbocycles. The maximum absolute atomic E-state index is 12.9. The highest BCUT2D eigenvalue weighted by atomic mass is 35.5. The molecule has 1 aromatic rings. The zero-order chi connectivity index (χ0) is 16.2.